The predicted molar refractivity (Wildman–Crippen MR) is 53.4 cm³/mol. The summed E-state index contributed by atoms with van der Waals surface area (Å²) >= 11 is 1.71. The molecule has 0 saturated carbocycles. The van der Waals surface area contributed by atoms with Gasteiger partial charge in [-0.1, -0.05) is 6.07 Å². The molecular weight excluding hydrogens is 170 g/mol. The molecule has 1 atom stereocenters. The van der Waals surface area contributed by atoms with Crippen LogP contribution < -0.4 is 11.1 Å². The molecule has 12 heavy (non-hydrogen) atoms. The van der Waals surface area contributed by atoms with Gasteiger partial charge >= 0.3 is 0 Å². The van der Waals surface area contributed by atoms with Crippen molar-refractivity contribution in [2.24, 2.45) is 10.7 Å². The van der Waals surface area contributed by atoms with Gasteiger partial charge < -0.3 is 11.1 Å². The third-order valence-electron chi connectivity index (χ3n) is 1.58. The maximum absolute atomic E-state index is 5.52. The van der Waals surface area contributed by atoms with E-state index in [1.54, 1.807) is 18.4 Å². The van der Waals surface area contributed by atoms with Crippen LogP contribution in [0.2, 0.25) is 0 Å². The van der Waals surface area contributed by atoms with Gasteiger partial charge in [0.1, 0.15) is 0 Å². The molecular formula is C8H13N3S. The topological polar surface area (TPSA) is 50.4 Å². The van der Waals surface area contributed by atoms with Crippen molar-refractivity contribution < 1.29 is 0 Å². The number of aliphatic imine (C=N–C) groups is 1. The van der Waals surface area contributed by atoms with Crippen molar-refractivity contribution in [3.05, 3.63) is 22.4 Å². The summed E-state index contributed by atoms with van der Waals surface area (Å²) in [5, 5.41) is 5.12. The van der Waals surface area contributed by atoms with Crippen LogP contribution in [0.15, 0.2) is 22.5 Å². The first-order valence-corrected chi connectivity index (χ1v) is 4.64. The summed E-state index contributed by atoms with van der Waals surface area (Å²) < 4.78 is 0. The molecule has 0 spiro atoms. The molecule has 3 nitrogen and oxygen atoms in total. The Balaban J connectivity index is 2.55. The molecule has 1 aromatic heterocycles. The fraction of sp³-hybridized carbons (Fsp3) is 0.375. The van der Waals surface area contributed by atoms with Crippen molar-refractivity contribution in [2.75, 3.05) is 7.05 Å². The minimum absolute atomic E-state index is 0.244. The van der Waals surface area contributed by atoms with E-state index in [0.29, 0.717) is 5.96 Å². The van der Waals surface area contributed by atoms with Gasteiger partial charge in [-0.25, -0.2) is 0 Å². The molecule has 0 aromatic carbocycles. The summed E-state index contributed by atoms with van der Waals surface area (Å²) in [5.41, 5.74) is 5.52. The van der Waals surface area contributed by atoms with Gasteiger partial charge in [0.25, 0.3) is 0 Å². The quantitative estimate of drug-likeness (QED) is 0.537. The molecule has 66 valence electrons. The van der Waals surface area contributed by atoms with E-state index < -0.39 is 0 Å². The molecule has 0 saturated heterocycles. The van der Waals surface area contributed by atoms with Gasteiger partial charge in [0.2, 0.25) is 0 Å². The Bertz CT molecular complexity index is 253. The van der Waals surface area contributed by atoms with Gasteiger partial charge in [-0.05, 0) is 18.4 Å². The third kappa shape index (κ3) is 2.23. The summed E-state index contributed by atoms with van der Waals surface area (Å²) in [4.78, 5) is 5.09. The summed E-state index contributed by atoms with van der Waals surface area (Å²) in [6, 6.07) is 4.34. The molecule has 1 unspecified atom stereocenters. The molecule has 1 rings (SSSR count). The maximum atomic E-state index is 5.52. The first-order chi connectivity index (χ1) is 5.74. The van der Waals surface area contributed by atoms with Crippen LogP contribution in [0.3, 0.4) is 0 Å². The van der Waals surface area contributed by atoms with E-state index in [1.165, 1.54) is 4.88 Å². The highest BCUT2D eigenvalue weighted by molar-refractivity contribution is 7.10. The van der Waals surface area contributed by atoms with E-state index in [0.717, 1.165) is 0 Å². The maximum Gasteiger partial charge on any atom is 0.188 e. The zero-order valence-corrected chi connectivity index (χ0v) is 8.06. The molecule has 0 amide bonds. The molecule has 4 heteroatoms. The highest BCUT2D eigenvalue weighted by Crippen LogP contribution is 2.17. The minimum Gasteiger partial charge on any atom is -0.370 e. The Morgan fingerprint density at radius 1 is 1.75 bits per heavy atom. The van der Waals surface area contributed by atoms with Crippen LogP contribution in [-0.4, -0.2) is 13.0 Å². The number of hydrogen-bond acceptors (Lipinski definition) is 2. The molecule has 0 aliphatic heterocycles. The van der Waals surface area contributed by atoms with Crippen LogP contribution in [0.1, 0.15) is 17.8 Å². The number of nitrogens with two attached hydrogens (primary N) is 1. The van der Waals surface area contributed by atoms with Crippen LogP contribution in [0.4, 0.5) is 0 Å². The summed E-state index contributed by atoms with van der Waals surface area (Å²) in [7, 11) is 1.67. The molecule has 3 N–H and O–H groups in total. The second-order valence-corrected chi connectivity index (χ2v) is 3.47. The number of guanidine groups is 1. The Hall–Kier alpha value is -1.03. The van der Waals surface area contributed by atoms with Crippen LogP contribution in [0.25, 0.3) is 0 Å². The van der Waals surface area contributed by atoms with Crippen LogP contribution >= 0.6 is 11.3 Å². The summed E-state index contributed by atoms with van der Waals surface area (Å²) in [6.45, 7) is 2.06. The average Bonchev–Trinajstić information content (AvgIpc) is 2.56. The first-order valence-electron chi connectivity index (χ1n) is 3.76. The molecule has 0 bridgehead atoms. The van der Waals surface area contributed by atoms with Gasteiger partial charge in [-0.15, -0.1) is 11.3 Å². The second kappa shape index (κ2) is 4.11. The standard InChI is InChI=1S/C8H13N3S/c1-6(11-8(9)10-2)7-4-3-5-12-7/h3-6H,1-2H3,(H3,9,10,11). The SMILES string of the molecule is CN=C(N)NC(C)c1cccs1. The van der Waals surface area contributed by atoms with Gasteiger partial charge in [-0.2, -0.15) is 0 Å². The fourth-order valence-corrected chi connectivity index (χ4v) is 1.63. The Kier molecular flexibility index (Phi) is 3.10. The third-order valence-corrected chi connectivity index (χ3v) is 2.63. The lowest BCUT2D eigenvalue weighted by Crippen LogP contribution is -2.33. The lowest BCUT2D eigenvalue weighted by molar-refractivity contribution is 0.725. The lowest BCUT2D eigenvalue weighted by Gasteiger charge is -2.11. The minimum atomic E-state index is 0.244. The van der Waals surface area contributed by atoms with Crippen LogP contribution in [0.5, 0.6) is 0 Å². The lowest BCUT2D eigenvalue weighted by atomic mass is 10.3. The van der Waals surface area contributed by atoms with E-state index in [-0.39, 0.29) is 6.04 Å². The molecule has 0 fully saturated rings. The average molecular weight is 183 g/mol. The second-order valence-electron chi connectivity index (χ2n) is 2.49. The number of thiophene rings is 1. The van der Waals surface area contributed by atoms with E-state index in [1.807, 2.05) is 11.4 Å². The predicted octanol–water partition coefficient (Wildman–Crippen LogP) is 1.34. The van der Waals surface area contributed by atoms with Gasteiger partial charge in [0.05, 0.1) is 6.04 Å². The van der Waals surface area contributed by atoms with E-state index in [2.05, 4.69) is 23.3 Å². The van der Waals surface area contributed by atoms with Crippen molar-refractivity contribution in [3.8, 4) is 0 Å². The highest BCUT2D eigenvalue weighted by atomic mass is 32.1. The monoisotopic (exact) mass is 183 g/mol. The van der Waals surface area contributed by atoms with Gasteiger partial charge in [0, 0.05) is 11.9 Å². The van der Waals surface area contributed by atoms with Crippen LogP contribution in [0, 0.1) is 0 Å². The van der Waals surface area contributed by atoms with Gasteiger partial charge in [-0.3, -0.25) is 4.99 Å². The van der Waals surface area contributed by atoms with E-state index >= 15 is 0 Å². The summed E-state index contributed by atoms with van der Waals surface area (Å²) in [6.07, 6.45) is 0. The van der Waals surface area contributed by atoms with Gasteiger partial charge in [0.15, 0.2) is 5.96 Å². The van der Waals surface area contributed by atoms with E-state index in [9.17, 15) is 0 Å². The Labute approximate surface area is 76.3 Å². The van der Waals surface area contributed by atoms with Crippen molar-refractivity contribution in [2.45, 2.75) is 13.0 Å². The molecule has 0 aliphatic rings. The van der Waals surface area contributed by atoms with Crippen molar-refractivity contribution in [1.29, 1.82) is 0 Å². The number of nitrogens with zero attached hydrogens (tertiary/aromatic N) is 1. The number of nitrogens with one attached hydrogen (secondary N) is 1. The number of hydrogen-bond donors (Lipinski definition) is 2. The molecule has 0 aliphatic carbocycles. The zero-order chi connectivity index (χ0) is 8.97. The molecule has 1 aromatic rings. The van der Waals surface area contributed by atoms with Crippen molar-refractivity contribution in [1.82, 2.24) is 5.32 Å². The smallest absolute Gasteiger partial charge is 0.188 e. The fourth-order valence-electron chi connectivity index (χ4n) is 0.895. The largest absolute Gasteiger partial charge is 0.370 e. The highest BCUT2D eigenvalue weighted by Gasteiger charge is 2.05. The normalized spacial score (nSPS) is 14.3. The number of rotatable bonds is 2. The van der Waals surface area contributed by atoms with E-state index in [4.69, 9.17) is 5.73 Å². The van der Waals surface area contributed by atoms with Crippen molar-refractivity contribution in [3.63, 3.8) is 0 Å². The Morgan fingerprint density at radius 3 is 3.00 bits per heavy atom. The summed E-state index contributed by atoms with van der Waals surface area (Å²) in [5.74, 6) is 0.482. The molecule has 1 heterocycles. The first kappa shape index (κ1) is 9.06. The Morgan fingerprint density at radius 2 is 2.50 bits per heavy atom. The molecule has 0 radical (unpaired) electrons. The zero-order valence-electron chi connectivity index (χ0n) is 7.24. The van der Waals surface area contributed by atoms with Crippen LogP contribution in [-0.2, 0) is 0 Å². The van der Waals surface area contributed by atoms with Crippen molar-refractivity contribution >= 4 is 17.3 Å².